The molecule has 0 fully saturated rings. The Morgan fingerprint density at radius 3 is 2.44 bits per heavy atom. The van der Waals surface area contributed by atoms with Crippen LogP contribution in [0.5, 0.6) is 0 Å². The summed E-state index contributed by atoms with van der Waals surface area (Å²) >= 11 is 7.77. The van der Waals surface area contributed by atoms with Crippen molar-refractivity contribution in [3.05, 3.63) is 114 Å². The Hall–Kier alpha value is -3.75. The molecule has 2 aromatic heterocycles. The first-order valence-electron chi connectivity index (χ1n) is 11.5. The lowest BCUT2D eigenvalue weighted by molar-refractivity contribution is -0.139. The van der Waals surface area contributed by atoms with Crippen molar-refractivity contribution in [1.29, 1.82) is 0 Å². The lowest BCUT2D eigenvalue weighted by Gasteiger charge is -2.24. The van der Waals surface area contributed by atoms with Gasteiger partial charge in [-0.2, -0.15) is 5.10 Å². The van der Waals surface area contributed by atoms with Gasteiger partial charge in [0.05, 0.1) is 39.8 Å². The summed E-state index contributed by atoms with van der Waals surface area (Å²) in [6, 6.07) is 18.5. The van der Waals surface area contributed by atoms with Gasteiger partial charge in [0.1, 0.15) is 0 Å². The number of benzene rings is 2. The molecular weight excluding hydrogens is 496 g/mol. The van der Waals surface area contributed by atoms with E-state index >= 15 is 0 Å². The molecule has 0 saturated carbocycles. The van der Waals surface area contributed by atoms with Crippen molar-refractivity contribution in [2.24, 2.45) is 4.99 Å². The van der Waals surface area contributed by atoms with Crippen LogP contribution < -0.4 is 14.9 Å². The van der Waals surface area contributed by atoms with Crippen LogP contribution in [-0.4, -0.2) is 26.9 Å². The summed E-state index contributed by atoms with van der Waals surface area (Å²) in [6.07, 6.45) is 1.75. The van der Waals surface area contributed by atoms with Crippen molar-refractivity contribution >= 4 is 35.0 Å². The third-order valence-corrected chi connectivity index (χ3v) is 7.29. The maximum Gasteiger partial charge on any atom is 0.338 e. The van der Waals surface area contributed by atoms with Crippen molar-refractivity contribution in [3.63, 3.8) is 0 Å². The van der Waals surface area contributed by atoms with Crippen molar-refractivity contribution in [1.82, 2.24) is 14.3 Å². The van der Waals surface area contributed by atoms with E-state index in [4.69, 9.17) is 16.3 Å². The summed E-state index contributed by atoms with van der Waals surface area (Å²) < 4.78 is 9.10. The van der Waals surface area contributed by atoms with Crippen LogP contribution in [0.25, 0.3) is 11.8 Å². The fourth-order valence-corrected chi connectivity index (χ4v) is 5.63. The molecule has 7 nitrogen and oxygen atoms in total. The molecule has 5 rings (SSSR count). The standard InChI is InChI=1S/C27H23ClN4O3S/c1-4-35-26(34)22-16(2)29-27-31(23(22)18-11-7-5-8-12-18)25(33)21(36-27)15-20-17(3)32(30-24(20)28)19-13-9-6-10-14-19/h5-15,23H,4H2,1-3H3. The predicted octanol–water partition coefficient (Wildman–Crippen LogP) is 3.95. The van der Waals surface area contributed by atoms with E-state index in [2.05, 4.69) is 10.1 Å². The van der Waals surface area contributed by atoms with Gasteiger partial charge in [0.25, 0.3) is 5.56 Å². The van der Waals surface area contributed by atoms with E-state index in [1.165, 1.54) is 11.3 Å². The van der Waals surface area contributed by atoms with Crippen LogP contribution in [0.3, 0.4) is 0 Å². The number of nitrogens with zero attached hydrogens (tertiary/aromatic N) is 4. The Balaban J connectivity index is 1.70. The third kappa shape index (κ3) is 4.12. The van der Waals surface area contributed by atoms with Gasteiger partial charge in [-0.1, -0.05) is 71.5 Å². The van der Waals surface area contributed by atoms with Gasteiger partial charge in [0, 0.05) is 5.56 Å². The van der Waals surface area contributed by atoms with E-state index in [1.54, 1.807) is 29.2 Å². The fraction of sp³-hybridized carbons (Fsp3) is 0.185. The largest absolute Gasteiger partial charge is 0.463 e. The summed E-state index contributed by atoms with van der Waals surface area (Å²) in [7, 11) is 0. The molecule has 182 valence electrons. The zero-order valence-corrected chi connectivity index (χ0v) is 21.5. The number of carbonyl (C=O) groups excluding carboxylic acids is 1. The number of thiazole rings is 1. The van der Waals surface area contributed by atoms with Crippen molar-refractivity contribution in [2.75, 3.05) is 6.61 Å². The maximum atomic E-state index is 13.8. The van der Waals surface area contributed by atoms with E-state index in [0.717, 1.165) is 16.9 Å². The minimum Gasteiger partial charge on any atom is -0.463 e. The van der Waals surface area contributed by atoms with Crippen LogP contribution in [0.15, 0.2) is 81.7 Å². The van der Waals surface area contributed by atoms with E-state index in [9.17, 15) is 9.59 Å². The number of halogens is 1. The zero-order chi connectivity index (χ0) is 25.4. The molecule has 2 aromatic carbocycles. The first-order chi connectivity index (χ1) is 17.4. The topological polar surface area (TPSA) is 78.5 Å². The second-order valence-corrected chi connectivity index (χ2v) is 9.62. The van der Waals surface area contributed by atoms with E-state index in [0.29, 0.717) is 31.3 Å². The Morgan fingerprint density at radius 2 is 1.78 bits per heavy atom. The number of aromatic nitrogens is 3. The molecule has 9 heteroatoms. The van der Waals surface area contributed by atoms with Gasteiger partial charge in [-0.25, -0.2) is 14.5 Å². The zero-order valence-electron chi connectivity index (χ0n) is 19.9. The molecule has 0 amide bonds. The van der Waals surface area contributed by atoms with Gasteiger partial charge < -0.3 is 4.74 Å². The molecule has 1 atom stereocenters. The monoisotopic (exact) mass is 518 g/mol. The van der Waals surface area contributed by atoms with E-state index < -0.39 is 12.0 Å². The number of carbonyl (C=O) groups is 1. The molecule has 1 unspecified atom stereocenters. The predicted molar refractivity (Wildman–Crippen MR) is 140 cm³/mol. The normalized spacial score (nSPS) is 15.6. The number of hydrogen-bond donors (Lipinski definition) is 0. The van der Waals surface area contributed by atoms with Crippen LogP contribution in [0.4, 0.5) is 0 Å². The number of ether oxygens (including phenoxy) is 1. The van der Waals surface area contributed by atoms with Crippen molar-refractivity contribution in [3.8, 4) is 5.69 Å². The molecule has 0 N–H and O–H groups in total. The summed E-state index contributed by atoms with van der Waals surface area (Å²) in [5.74, 6) is -0.482. The highest BCUT2D eigenvalue weighted by Gasteiger charge is 2.33. The summed E-state index contributed by atoms with van der Waals surface area (Å²) in [4.78, 5) is 31.8. The third-order valence-electron chi connectivity index (χ3n) is 6.03. The van der Waals surface area contributed by atoms with Crippen LogP contribution >= 0.6 is 22.9 Å². The number of fused-ring (bicyclic) bond motifs is 1. The number of rotatable bonds is 5. The first-order valence-corrected chi connectivity index (χ1v) is 12.6. The molecule has 0 spiro atoms. The maximum absolute atomic E-state index is 13.8. The summed E-state index contributed by atoms with van der Waals surface area (Å²) in [5, 5.41) is 4.77. The molecule has 1 aliphatic heterocycles. The quantitative estimate of drug-likeness (QED) is 0.375. The van der Waals surface area contributed by atoms with E-state index in [1.807, 2.05) is 67.6 Å². The van der Waals surface area contributed by atoms with Crippen molar-refractivity contribution < 1.29 is 9.53 Å². The molecule has 1 aliphatic rings. The van der Waals surface area contributed by atoms with Crippen LogP contribution in [0.1, 0.15) is 36.7 Å². The van der Waals surface area contributed by atoms with Crippen molar-refractivity contribution in [2.45, 2.75) is 26.8 Å². The Morgan fingerprint density at radius 1 is 1.11 bits per heavy atom. The number of hydrogen-bond acceptors (Lipinski definition) is 6. The summed E-state index contributed by atoms with van der Waals surface area (Å²) in [5.41, 5.74) is 3.76. The second-order valence-electron chi connectivity index (χ2n) is 8.25. The Bertz CT molecular complexity index is 1670. The smallest absolute Gasteiger partial charge is 0.338 e. The molecule has 0 saturated heterocycles. The average Bonchev–Trinajstić information content (AvgIpc) is 3.34. The van der Waals surface area contributed by atoms with Crippen LogP contribution in [0, 0.1) is 6.92 Å². The van der Waals surface area contributed by atoms with Gasteiger partial charge in [-0.15, -0.1) is 0 Å². The minimum atomic E-state index is -0.646. The molecule has 4 aromatic rings. The highest BCUT2D eigenvalue weighted by molar-refractivity contribution is 7.07. The highest BCUT2D eigenvalue weighted by Crippen LogP contribution is 2.30. The molecular formula is C27H23ClN4O3S. The number of allylic oxidation sites excluding steroid dienone is 1. The minimum absolute atomic E-state index is 0.227. The van der Waals surface area contributed by atoms with Gasteiger partial charge in [-0.05, 0) is 44.5 Å². The van der Waals surface area contributed by atoms with Gasteiger partial charge >= 0.3 is 5.97 Å². The van der Waals surface area contributed by atoms with Crippen LogP contribution in [-0.2, 0) is 9.53 Å². The lowest BCUT2D eigenvalue weighted by Crippen LogP contribution is -2.39. The average molecular weight is 519 g/mol. The fourth-order valence-electron chi connectivity index (χ4n) is 4.34. The Labute approximate surface area is 216 Å². The van der Waals surface area contributed by atoms with E-state index in [-0.39, 0.29) is 12.2 Å². The first kappa shape index (κ1) is 24.0. The van der Waals surface area contributed by atoms with Crippen LogP contribution in [0.2, 0.25) is 5.15 Å². The molecule has 0 radical (unpaired) electrons. The summed E-state index contributed by atoms with van der Waals surface area (Å²) in [6.45, 7) is 5.65. The van der Waals surface area contributed by atoms with Gasteiger partial charge in [0.2, 0.25) is 0 Å². The van der Waals surface area contributed by atoms with Gasteiger partial charge in [0.15, 0.2) is 9.95 Å². The molecule has 0 bridgehead atoms. The number of esters is 1. The second kappa shape index (κ2) is 9.72. The Kier molecular flexibility index (Phi) is 6.47. The molecule has 36 heavy (non-hydrogen) atoms. The molecule has 0 aliphatic carbocycles. The highest BCUT2D eigenvalue weighted by atomic mass is 35.5. The SMILES string of the molecule is CCOC(=O)C1=C(C)N=c2sc(=Cc3c(Cl)nn(-c4ccccc4)c3C)c(=O)n2C1c1ccccc1. The van der Waals surface area contributed by atoms with Gasteiger partial charge in [-0.3, -0.25) is 9.36 Å². The molecule has 3 heterocycles. The lowest BCUT2D eigenvalue weighted by atomic mass is 9.96. The number of para-hydroxylation sites is 1.